The molecule has 0 saturated heterocycles. The van der Waals surface area contributed by atoms with Crippen LogP contribution in [0.4, 0.5) is 0 Å². The van der Waals surface area contributed by atoms with Crippen LogP contribution in [0.3, 0.4) is 0 Å². The summed E-state index contributed by atoms with van der Waals surface area (Å²) >= 11 is 1.41. The van der Waals surface area contributed by atoms with E-state index in [1.807, 2.05) is 13.0 Å². The van der Waals surface area contributed by atoms with Gasteiger partial charge in [-0.2, -0.15) is 0 Å². The Balaban J connectivity index is 2.17. The van der Waals surface area contributed by atoms with Gasteiger partial charge in [-0.3, -0.25) is 4.79 Å². The van der Waals surface area contributed by atoms with Crippen LogP contribution in [0.1, 0.15) is 33.1 Å². The normalized spacial score (nSPS) is 12.9. The van der Waals surface area contributed by atoms with Crippen LogP contribution in [0.5, 0.6) is 0 Å². The van der Waals surface area contributed by atoms with E-state index in [9.17, 15) is 13.2 Å². The number of thiophene rings is 1. The maximum Gasteiger partial charge on any atom is 0.261 e. The molecule has 0 bridgehead atoms. The average Bonchev–Trinajstić information content (AvgIpc) is 2.84. The van der Waals surface area contributed by atoms with Crippen molar-refractivity contribution in [1.29, 1.82) is 0 Å². The SMILES string of the molecule is Cc1ccc(C(=O)N[C@H](C)c2cccc(S(N)(=O)=O)c2)s1. The van der Waals surface area contributed by atoms with Gasteiger partial charge in [-0.15, -0.1) is 11.3 Å². The molecule has 7 heteroatoms. The summed E-state index contributed by atoms with van der Waals surface area (Å²) in [7, 11) is -3.75. The van der Waals surface area contributed by atoms with Gasteiger partial charge >= 0.3 is 0 Å². The number of carbonyl (C=O) groups is 1. The highest BCUT2D eigenvalue weighted by Gasteiger charge is 2.15. The van der Waals surface area contributed by atoms with Gasteiger partial charge in [0.1, 0.15) is 0 Å². The summed E-state index contributed by atoms with van der Waals surface area (Å²) in [4.78, 5) is 13.8. The highest BCUT2D eigenvalue weighted by molar-refractivity contribution is 7.89. The van der Waals surface area contributed by atoms with Crippen LogP contribution < -0.4 is 10.5 Å². The number of nitrogens with one attached hydrogen (secondary N) is 1. The van der Waals surface area contributed by atoms with Crippen LogP contribution in [-0.4, -0.2) is 14.3 Å². The lowest BCUT2D eigenvalue weighted by atomic mass is 10.1. The molecule has 0 fully saturated rings. The van der Waals surface area contributed by atoms with E-state index in [1.165, 1.54) is 23.5 Å². The molecule has 21 heavy (non-hydrogen) atoms. The molecule has 0 unspecified atom stereocenters. The summed E-state index contributed by atoms with van der Waals surface area (Å²) in [6, 6.07) is 9.58. The second kappa shape index (κ2) is 5.97. The zero-order valence-electron chi connectivity index (χ0n) is 11.7. The monoisotopic (exact) mass is 324 g/mol. The molecule has 1 heterocycles. The Labute approximate surface area is 127 Å². The topological polar surface area (TPSA) is 89.3 Å². The Morgan fingerprint density at radius 2 is 2.00 bits per heavy atom. The van der Waals surface area contributed by atoms with Gasteiger partial charge in [-0.1, -0.05) is 12.1 Å². The van der Waals surface area contributed by atoms with E-state index in [1.54, 1.807) is 25.1 Å². The van der Waals surface area contributed by atoms with Crippen molar-refractivity contribution in [3.63, 3.8) is 0 Å². The highest BCUT2D eigenvalue weighted by atomic mass is 32.2. The first-order chi connectivity index (χ1) is 9.77. The molecule has 0 aliphatic rings. The van der Waals surface area contributed by atoms with Gasteiger partial charge in [-0.05, 0) is 43.7 Å². The van der Waals surface area contributed by atoms with E-state index < -0.39 is 10.0 Å². The van der Waals surface area contributed by atoms with E-state index in [-0.39, 0.29) is 16.8 Å². The molecule has 3 N–H and O–H groups in total. The van der Waals surface area contributed by atoms with Gasteiger partial charge in [-0.25, -0.2) is 13.6 Å². The van der Waals surface area contributed by atoms with Crippen LogP contribution in [-0.2, 0) is 10.0 Å². The number of benzene rings is 1. The minimum atomic E-state index is -3.75. The number of carbonyl (C=O) groups excluding carboxylic acids is 1. The zero-order chi connectivity index (χ0) is 15.6. The second-order valence-electron chi connectivity index (χ2n) is 4.72. The number of sulfonamides is 1. The number of primary sulfonamides is 1. The molecule has 0 aliphatic carbocycles. The van der Waals surface area contributed by atoms with E-state index in [0.717, 1.165) is 4.88 Å². The Bertz CT molecular complexity index is 766. The van der Waals surface area contributed by atoms with E-state index in [2.05, 4.69) is 5.32 Å². The van der Waals surface area contributed by atoms with Crippen molar-refractivity contribution in [2.75, 3.05) is 0 Å². The number of rotatable bonds is 4. The Morgan fingerprint density at radius 3 is 2.57 bits per heavy atom. The van der Waals surface area contributed by atoms with Crippen molar-refractivity contribution in [3.8, 4) is 0 Å². The molecular weight excluding hydrogens is 308 g/mol. The van der Waals surface area contributed by atoms with Crippen molar-refractivity contribution in [2.24, 2.45) is 5.14 Å². The smallest absolute Gasteiger partial charge is 0.261 e. The zero-order valence-corrected chi connectivity index (χ0v) is 13.3. The quantitative estimate of drug-likeness (QED) is 0.903. The molecule has 0 saturated carbocycles. The molecule has 0 spiro atoms. The number of hydrogen-bond acceptors (Lipinski definition) is 4. The molecule has 0 radical (unpaired) electrons. The maximum atomic E-state index is 12.1. The molecule has 5 nitrogen and oxygen atoms in total. The largest absolute Gasteiger partial charge is 0.345 e. The first kappa shape index (κ1) is 15.7. The summed E-state index contributed by atoms with van der Waals surface area (Å²) < 4.78 is 22.7. The maximum absolute atomic E-state index is 12.1. The lowest BCUT2D eigenvalue weighted by molar-refractivity contribution is 0.0944. The predicted molar refractivity (Wildman–Crippen MR) is 82.8 cm³/mol. The van der Waals surface area contributed by atoms with Crippen molar-refractivity contribution in [1.82, 2.24) is 5.32 Å². The van der Waals surface area contributed by atoms with Gasteiger partial charge in [0.2, 0.25) is 10.0 Å². The summed E-state index contributed by atoms with van der Waals surface area (Å²) in [5.74, 6) is -0.179. The Kier molecular flexibility index (Phi) is 4.46. The van der Waals surface area contributed by atoms with Crippen LogP contribution in [0.25, 0.3) is 0 Å². The number of nitrogens with two attached hydrogens (primary N) is 1. The molecule has 2 rings (SSSR count). The molecular formula is C14H16N2O3S2. The minimum absolute atomic E-state index is 0.0352. The van der Waals surface area contributed by atoms with Crippen molar-refractivity contribution in [2.45, 2.75) is 24.8 Å². The first-order valence-corrected chi connectivity index (χ1v) is 8.64. The van der Waals surface area contributed by atoms with Gasteiger partial charge in [0.15, 0.2) is 0 Å². The molecule has 1 aromatic heterocycles. The molecule has 1 atom stereocenters. The van der Waals surface area contributed by atoms with Crippen LogP contribution in [0.2, 0.25) is 0 Å². The number of hydrogen-bond donors (Lipinski definition) is 2. The summed E-state index contributed by atoms with van der Waals surface area (Å²) in [6.45, 7) is 3.72. The molecule has 112 valence electrons. The van der Waals surface area contributed by atoms with Crippen LogP contribution in [0, 0.1) is 6.92 Å². The van der Waals surface area contributed by atoms with Crippen molar-refractivity contribution < 1.29 is 13.2 Å². The first-order valence-electron chi connectivity index (χ1n) is 6.27. The van der Waals surface area contributed by atoms with Crippen LogP contribution in [0.15, 0.2) is 41.3 Å². The summed E-state index contributed by atoms with van der Waals surface area (Å²) in [6.07, 6.45) is 0. The van der Waals surface area contributed by atoms with Gasteiger partial charge < -0.3 is 5.32 Å². The third kappa shape index (κ3) is 3.90. The molecule has 1 aromatic carbocycles. The molecule has 0 aliphatic heterocycles. The molecule has 1 amide bonds. The Morgan fingerprint density at radius 1 is 1.29 bits per heavy atom. The lowest BCUT2D eigenvalue weighted by Gasteiger charge is -2.14. The van der Waals surface area contributed by atoms with Crippen molar-refractivity contribution in [3.05, 3.63) is 51.7 Å². The van der Waals surface area contributed by atoms with Gasteiger partial charge in [0.05, 0.1) is 15.8 Å². The fourth-order valence-electron chi connectivity index (χ4n) is 1.87. The van der Waals surface area contributed by atoms with E-state index >= 15 is 0 Å². The van der Waals surface area contributed by atoms with E-state index in [4.69, 9.17) is 5.14 Å². The second-order valence-corrected chi connectivity index (χ2v) is 7.57. The summed E-state index contributed by atoms with van der Waals surface area (Å²) in [5.41, 5.74) is 0.683. The Hall–Kier alpha value is -1.70. The minimum Gasteiger partial charge on any atom is -0.345 e. The van der Waals surface area contributed by atoms with Crippen LogP contribution >= 0.6 is 11.3 Å². The molecule has 2 aromatic rings. The van der Waals surface area contributed by atoms with Crippen molar-refractivity contribution >= 4 is 27.3 Å². The fraction of sp³-hybridized carbons (Fsp3) is 0.214. The third-order valence-electron chi connectivity index (χ3n) is 3.00. The third-order valence-corrected chi connectivity index (χ3v) is 4.91. The lowest BCUT2D eigenvalue weighted by Crippen LogP contribution is -2.26. The number of amides is 1. The predicted octanol–water partition coefficient (Wildman–Crippen LogP) is 2.19. The standard InChI is InChI=1S/C14H16N2O3S2/c1-9-6-7-13(20-9)14(17)16-10(2)11-4-3-5-12(8-11)21(15,18)19/h3-8,10H,1-2H3,(H,16,17)(H2,15,18,19)/t10-/m1/s1. The van der Waals surface area contributed by atoms with Gasteiger partial charge in [0, 0.05) is 4.88 Å². The highest BCUT2D eigenvalue weighted by Crippen LogP contribution is 2.19. The number of aryl methyl sites for hydroxylation is 1. The van der Waals surface area contributed by atoms with E-state index in [0.29, 0.717) is 10.4 Å². The van der Waals surface area contributed by atoms with Gasteiger partial charge in [0.25, 0.3) is 5.91 Å². The summed E-state index contributed by atoms with van der Waals surface area (Å²) in [5, 5.41) is 7.95. The average molecular weight is 324 g/mol. The fourth-order valence-corrected chi connectivity index (χ4v) is 3.21.